The van der Waals surface area contributed by atoms with Gasteiger partial charge in [-0.15, -0.1) is 0 Å². The van der Waals surface area contributed by atoms with Crippen molar-refractivity contribution in [1.82, 2.24) is 4.72 Å². The number of rotatable bonds is 3. The highest BCUT2D eigenvalue weighted by Crippen LogP contribution is 2.37. The van der Waals surface area contributed by atoms with Crippen molar-refractivity contribution in [2.24, 2.45) is 0 Å². The Kier molecular flexibility index (Phi) is 3.30. The second-order valence-corrected chi connectivity index (χ2v) is 8.57. The molecule has 0 saturated heterocycles. The molecule has 1 saturated carbocycles. The number of benzene rings is 1. The molecule has 1 N–H and O–H groups in total. The SMILES string of the molecule is Cc1ccc(S(=O)(=O)NC2(C)CC2)c(C(C)(C)C)c1. The fourth-order valence-electron chi connectivity index (χ4n) is 2.13. The Morgan fingerprint density at radius 1 is 1.21 bits per heavy atom. The molecule has 2 rings (SSSR count). The number of hydrogen-bond donors (Lipinski definition) is 1. The van der Waals surface area contributed by atoms with Crippen molar-refractivity contribution in [3.8, 4) is 0 Å². The van der Waals surface area contributed by atoms with Crippen LogP contribution in [-0.2, 0) is 15.4 Å². The first-order valence-electron chi connectivity index (χ1n) is 6.69. The van der Waals surface area contributed by atoms with Crippen LogP contribution in [0.2, 0.25) is 0 Å². The third-order valence-corrected chi connectivity index (χ3v) is 5.31. The maximum absolute atomic E-state index is 12.6. The second kappa shape index (κ2) is 4.32. The van der Waals surface area contributed by atoms with Gasteiger partial charge in [-0.05, 0) is 43.7 Å². The van der Waals surface area contributed by atoms with Gasteiger partial charge in [-0.3, -0.25) is 0 Å². The van der Waals surface area contributed by atoms with Gasteiger partial charge in [-0.2, -0.15) is 0 Å². The number of nitrogens with one attached hydrogen (secondary N) is 1. The van der Waals surface area contributed by atoms with Crippen molar-refractivity contribution in [1.29, 1.82) is 0 Å². The molecule has 0 aliphatic heterocycles. The topological polar surface area (TPSA) is 46.2 Å². The second-order valence-electron chi connectivity index (χ2n) is 6.92. The van der Waals surface area contributed by atoms with E-state index in [2.05, 4.69) is 4.72 Å². The minimum absolute atomic E-state index is 0.194. The van der Waals surface area contributed by atoms with E-state index in [1.165, 1.54) is 0 Å². The van der Waals surface area contributed by atoms with Crippen LogP contribution in [0.1, 0.15) is 51.7 Å². The summed E-state index contributed by atoms with van der Waals surface area (Å²) in [6.07, 6.45) is 1.84. The third kappa shape index (κ3) is 3.18. The maximum atomic E-state index is 12.6. The number of aryl methyl sites for hydroxylation is 1. The van der Waals surface area contributed by atoms with Crippen molar-refractivity contribution < 1.29 is 8.42 Å². The number of sulfonamides is 1. The van der Waals surface area contributed by atoms with Gasteiger partial charge >= 0.3 is 0 Å². The summed E-state index contributed by atoms with van der Waals surface area (Å²) in [6.45, 7) is 10.1. The average Bonchev–Trinajstić information content (AvgIpc) is 2.93. The summed E-state index contributed by atoms with van der Waals surface area (Å²) < 4.78 is 27.9. The van der Waals surface area contributed by atoms with Gasteiger partial charge in [-0.25, -0.2) is 13.1 Å². The lowest BCUT2D eigenvalue weighted by Crippen LogP contribution is -2.35. The first-order valence-corrected chi connectivity index (χ1v) is 8.17. The molecule has 1 aliphatic carbocycles. The van der Waals surface area contributed by atoms with E-state index in [1.54, 1.807) is 6.07 Å². The molecule has 0 unspecified atom stereocenters. The summed E-state index contributed by atoms with van der Waals surface area (Å²) in [6, 6.07) is 5.56. The molecule has 0 heterocycles. The summed E-state index contributed by atoms with van der Waals surface area (Å²) in [5, 5.41) is 0. The van der Waals surface area contributed by atoms with Crippen LogP contribution < -0.4 is 4.72 Å². The van der Waals surface area contributed by atoms with Crippen LogP contribution in [0.4, 0.5) is 0 Å². The molecule has 0 aromatic heterocycles. The van der Waals surface area contributed by atoms with E-state index in [4.69, 9.17) is 0 Å². The lowest BCUT2D eigenvalue weighted by molar-refractivity contribution is 0.541. The molecule has 1 fully saturated rings. The van der Waals surface area contributed by atoms with E-state index in [0.717, 1.165) is 24.0 Å². The Balaban J connectivity index is 2.50. The zero-order valence-corrected chi connectivity index (χ0v) is 13.2. The first kappa shape index (κ1) is 14.5. The van der Waals surface area contributed by atoms with E-state index < -0.39 is 10.0 Å². The van der Waals surface area contributed by atoms with Gasteiger partial charge in [-0.1, -0.05) is 38.5 Å². The van der Waals surface area contributed by atoms with Crippen LogP contribution >= 0.6 is 0 Å². The average molecular weight is 281 g/mol. The highest BCUT2D eigenvalue weighted by Gasteiger charge is 2.42. The molecule has 3 nitrogen and oxygen atoms in total. The summed E-state index contributed by atoms with van der Waals surface area (Å²) in [5.41, 5.74) is 1.53. The lowest BCUT2D eigenvalue weighted by atomic mass is 9.86. The summed E-state index contributed by atoms with van der Waals surface area (Å²) >= 11 is 0. The van der Waals surface area contributed by atoms with E-state index in [1.807, 2.05) is 46.8 Å². The van der Waals surface area contributed by atoms with Gasteiger partial charge in [0.05, 0.1) is 4.90 Å². The Hall–Kier alpha value is -0.870. The molecule has 0 radical (unpaired) electrons. The van der Waals surface area contributed by atoms with Gasteiger partial charge in [0.1, 0.15) is 0 Å². The van der Waals surface area contributed by atoms with Crippen LogP contribution in [0.3, 0.4) is 0 Å². The molecule has 4 heteroatoms. The Morgan fingerprint density at radius 2 is 1.79 bits per heavy atom. The highest BCUT2D eigenvalue weighted by atomic mass is 32.2. The van der Waals surface area contributed by atoms with Crippen molar-refractivity contribution in [2.75, 3.05) is 0 Å². The molecular formula is C15H23NO2S. The third-order valence-electron chi connectivity index (χ3n) is 3.61. The van der Waals surface area contributed by atoms with Gasteiger partial charge in [0.25, 0.3) is 0 Å². The van der Waals surface area contributed by atoms with Crippen LogP contribution in [0, 0.1) is 6.92 Å². The quantitative estimate of drug-likeness (QED) is 0.925. The van der Waals surface area contributed by atoms with E-state index >= 15 is 0 Å². The van der Waals surface area contributed by atoms with Crippen LogP contribution in [-0.4, -0.2) is 14.0 Å². The summed E-state index contributed by atoms with van der Waals surface area (Å²) in [7, 11) is -3.44. The fourth-order valence-corrected chi connectivity index (χ4v) is 4.00. The lowest BCUT2D eigenvalue weighted by Gasteiger charge is -2.24. The Labute approximate surface area is 116 Å². The van der Waals surface area contributed by atoms with Gasteiger partial charge in [0, 0.05) is 5.54 Å². The molecule has 19 heavy (non-hydrogen) atoms. The molecule has 1 aromatic rings. The first-order chi connectivity index (χ1) is 8.54. The predicted molar refractivity (Wildman–Crippen MR) is 77.8 cm³/mol. The standard InChI is InChI=1S/C15H23NO2S/c1-11-6-7-13(12(10-11)14(2,3)4)19(17,18)16-15(5)8-9-15/h6-7,10,16H,8-9H2,1-5H3. The van der Waals surface area contributed by atoms with Crippen molar-refractivity contribution in [3.05, 3.63) is 29.3 Å². The molecule has 1 aromatic carbocycles. The predicted octanol–water partition coefficient (Wildman–Crippen LogP) is 3.12. The maximum Gasteiger partial charge on any atom is 0.241 e. The largest absolute Gasteiger partial charge is 0.241 e. The van der Waals surface area contributed by atoms with Gasteiger partial charge in [0.15, 0.2) is 0 Å². The minimum atomic E-state index is -3.44. The summed E-state index contributed by atoms with van der Waals surface area (Å²) in [4.78, 5) is 0.415. The molecule has 0 bridgehead atoms. The highest BCUT2D eigenvalue weighted by molar-refractivity contribution is 7.89. The fraction of sp³-hybridized carbons (Fsp3) is 0.600. The zero-order chi connectivity index (χ0) is 14.5. The molecule has 1 aliphatic rings. The van der Waals surface area contributed by atoms with E-state index in [9.17, 15) is 8.42 Å². The molecule has 0 spiro atoms. The van der Waals surface area contributed by atoms with Crippen LogP contribution in [0.15, 0.2) is 23.1 Å². The Morgan fingerprint density at radius 3 is 2.26 bits per heavy atom. The minimum Gasteiger partial charge on any atom is -0.207 e. The van der Waals surface area contributed by atoms with E-state index in [0.29, 0.717) is 4.90 Å². The smallest absolute Gasteiger partial charge is 0.207 e. The van der Waals surface area contributed by atoms with Crippen LogP contribution in [0.25, 0.3) is 0 Å². The molecular weight excluding hydrogens is 258 g/mol. The molecule has 0 atom stereocenters. The van der Waals surface area contributed by atoms with E-state index in [-0.39, 0.29) is 11.0 Å². The monoisotopic (exact) mass is 281 g/mol. The Bertz CT molecular complexity index is 593. The number of hydrogen-bond acceptors (Lipinski definition) is 2. The zero-order valence-electron chi connectivity index (χ0n) is 12.4. The van der Waals surface area contributed by atoms with Gasteiger partial charge < -0.3 is 0 Å². The normalized spacial score (nSPS) is 18.4. The van der Waals surface area contributed by atoms with Crippen molar-refractivity contribution in [2.45, 2.75) is 63.3 Å². The van der Waals surface area contributed by atoms with Crippen molar-refractivity contribution in [3.63, 3.8) is 0 Å². The summed E-state index contributed by atoms with van der Waals surface area (Å²) in [5.74, 6) is 0. The van der Waals surface area contributed by atoms with Crippen LogP contribution in [0.5, 0.6) is 0 Å². The van der Waals surface area contributed by atoms with Crippen molar-refractivity contribution >= 4 is 10.0 Å². The molecule has 106 valence electrons. The molecule has 0 amide bonds. The van der Waals surface area contributed by atoms with Gasteiger partial charge in [0.2, 0.25) is 10.0 Å².